The first-order valence-electron chi connectivity index (χ1n) is 8.81. The molecule has 2 N–H and O–H groups in total. The first-order chi connectivity index (χ1) is 12.5. The summed E-state index contributed by atoms with van der Waals surface area (Å²) in [6.45, 7) is 8.56. The van der Waals surface area contributed by atoms with Crippen LogP contribution in [0, 0.1) is 0 Å². The van der Waals surface area contributed by atoms with Crippen molar-refractivity contribution in [3.8, 4) is 0 Å². The minimum Gasteiger partial charge on any atom is -0.460 e. The molecule has 1 aliphatic heterocycles. The zero-order valence-electron chi connectivity index (χ0n) is 15.8. The number of ether oxygens (including phenoxy) is 2. The molecule has 1 atom stereocenters. The van der Waals surface area contributed by atoms with Crippen LogP contribution >= 0.6 is 12.2 Å². The molecule has 26 heavy (non-hydrogen) atoms. The summed E-state index contributed by atoms with van der Waals surface area (Å²) in [4.78, 5) is 14.8. The zero-order chi connectivity index (χ0) is 19.1. The number of nitrogens with zero attached hydrogens (tertiary/aromatic N) is 1. The van der Waals surface area contributed by atoms with Crippen molar-refractivity contribution in [3.05, 3.63) is 41.1 Å². The molecule has 1 heterocycles. The number of anilines is 1. The van der Waals surface area contributed by atoms with E-state index in [0.29, 0.717) is 23.0 Å². The van der Waals surface area contributed by atoms with Gasteiger partial charge < -0.3 is 25.0 Å². The number of allylic oxidation sites excluding steroid dienone is 1. The molecule has 0 radical (unpaired) electrons. The number of methoxy groups -OCH3 is 1. The molecule has 0 bridgehead atoms. The maximum Gasteiger partial charge on any atom is 0.338 e. The van der Waals surface area contributed by atoms with Gasteiger partial charge in [-0.15, -0.1) is 0 Å². The van der Waals surface area contributed by atoms with Gasteiger partial charge in [-0.2, -0.15) is 0 Å². The highest BCUT2D eigenvalue weighted by Gasteiger charge is 2.30. The Bertz CT molecular complexity index is 669. The van der Waals surface area contributed by atoms with Crippen molar-refractivity contribution in [2.45, 2.75) is 26.8 Å². The summed E-state index contributed by atoms with van der Waals surface area (Å²) < 4.78 is 10.3. The first kappa shape index (κ1) is 20.2. The molecule has 1 aromatic carbocycles. The van der Waals surface area contributed by atoms with Crippen molar-refractivity contribution in [1.82, 2.24) is 10.6 Å². The van der Waals surface area contributed by atoms with Gasteiger partial charge >= 0.3 is 5.97 Å². The van der Waals surface area contributed by atoms with Gasteiger partial charge in [-0.3, -0.25) is 0 Å². The third-order valence-corrected chi connectivity index (χ3v) is 4.58. The lowest BCUT2D eigenvalue weighted by Gasteiger charge is -2.30. The molecule has 0 spiro atoms. The molecule has 6 nitrogen and oxygen atoms in total. The third-order valence-electron chi connectivity index (χ3n) is 4.36. The van der Waals surface area contributed by atoms with Gasteiger partial charge in [0, 0.05) is 31.6 Å². The zero-order valence-corrected chi connectivity index (χ0v) is 16.6. The van der Waals surface area contributed by atoms with Crippen molar-refractivity contribution in [2.24, 2.45) is 0 Å². The van der Waals surface area contributed by atoms with E-state index in [1.54, 1.807) is 7.11 Å². The second-order valence-electron chi connectivity index (χ2n) is 5.96. The number of rotatable bonds is 8. The van der Waals surface area contributed by atoms with Gasteiger partial charge in [0.2, 0.25) is 0 Å². The molecule has 0 saturated carbocycles. The van der Waals surface area contributed by atoms with Crippen LogP contribution in [0.3, 0.4) is 0 Å². The van der Waals surface area contributed by atoms with E-state index in [2.05, 4.69) is 41.5 Å². The molecule has 0 amide bonds. The summed E-state index contributed by atoms with van der Waals surface area (Å²) in [5, 5.41) is 6.68. The van der Waals surface area contributed by atoms with E-state index in [0.717, 1.165) is 24.3 Å². The highest BCUT2D eigenvalue weighted by atomic mass is 32.1. The number of esters is 1. The summed E-state index contributed by atoms with van der Waals surface area (Å²) in [5.41, 5.74) is 3.35. The summed E-state index contributed by atoms with van der Waals surface area (Å²) in [5.74, 6) is -0.375. The predicted octanol–water partition coefficient (Wildman–Crippen LogP) is 2.52. The van der Waals surface area contributed by atoms with Crippen LogP contribution < -0.4 is 15.5 Å². The Hall–Kier alpha value is -2.12. The topological polar surface area (TPSA) is 62.8 Å². The van der Waals surface area contributed by atoms with Gasteiger partial charge in [-0.05, 0) is 50.7 Å². The van der Waals surface area contributed by atoms with E-state index < -0.39 is 0 Å². The number of carbonyl (C=O) groups excluding carboxylic acids is 1. The number of hydrogen-bond acceptors (Lipinski definition) is 5. The Kier molecular flexibility index (Phi) is 7.41. The Labute approximate surface area is 160 Å². The normalized spacial score (nSPS) is 16.8. The van der Waals surface area contributed by atoms with Crippen molar-refractivity contribution in [3.63, 3.8) is 0 Å². The smallest absolute Gasteiger partial charge is 0.338 e. The van der Waals surface area contributed by atoms with Crippen LogP contribution in [-0.2, 0) is 14.3 Å². The van der Waals surface area contributed by atoms with Crippen molar-refractivity contribution in [1.29, 1.82) is 0 Å². The molecular weight excluding hydrogens is 350 g/mol. The van der Waals surface area contributed by atoms with E-state index in [-0.39, 0.29) is 18.6 Å². The lowest BCUT2D eigenvalue weighted by atomic mass is 9.95. The molecule has 2 rings (SSSR count). The SMILES string of the molecule is CCN(CC)c1ccc(C2NC(=S)NC(C)=C2C(=O)OCCOC)cc1. The average molecular weight is 378 g/mol. The van der Waals surface area contributed by atoms with Crippen LogP contribution in [0.5, 0.6) is 0 Å². The van der Waals surface area contributed by atoms with Crippen LogP contribution in [0.25, 0.3) is 0 Å². The fourth-order valence-electron chi connectivity index (χ4n) is 2.98. The monoisotopic (exact) mass is 377 g/mol. The van der Waals surface area contributed by atoms with Gasteiger partial charge in [0.25, 0.3) is 0 Å². The van der Waals surface area contributed by atoms with Crippen molar-refractivity contribution < 1.29 is 14.3 Å². The number of benzene rings is 1. The largest absolute Gasteiger partial charge is 0.460 e. The van der Waals surface area contributed by atoms with Crippen LogP contribution in [0.2, 0.25) is 0 Å². The van der Waals surface area contributed by atoms with Crippen LogP contribution in [0.1, 0.15) is 32.4 Å². The molecule has 1 unspecified atom stereocenters. The lowest BCUT2D eigenvalue weighted by Crippen LogP contribution is -2.45. The van der Waals surface area contributed by atoms with Gasteiger partial charge in [0.05, 0.1) is 18.2 Å². The van der Waals surface area contributed by atoms with Gasteiger partial charge in [0.1, 0.15) is 6.61 Å². The Morgan fingerprint density at radius 2 is 1.85 bits per heavy atom. The second-order valence-corrected chi connectivity index (χ2v) is 6.37. The number of hydrogen-bond donors (Lipinski definition) is 2. The fraction of sp³-hybridized carbons (Fsp3) is 0.474. The van der Waals surface area contributed by atoms with Crippen molar-refractivity contribution in [2.75, 3.05) is 38.3 Å². The van der Waals surface area contributed by atoms with E-state index in [1.807, 2.05) is 19.1 Å². The average Bonchev–Trinajstić information content (AvgIpc) is 2.62. The van der Waals surface area contributed by atoms with Gasteiger partial charge in [-0.25, -0.2) is 4.79 Å². The summed E-state index contributed by atoms with van der Waals surface area (Å²) >= 11 is 5.27. The van der Waals surface area contributed by atoms with E-state index in [9.17, 15) is 4.79 Å². The fourth-order valence-corrected chi connectivity index (χ4v) is 3.25. The Morgan fingerprint density at radius 1 is 1.19 bits per heavy atom. The third kappa shape index (κ3) is 4.74. The van der Waals surface area contributed by atoms with E-state index in [1.165, 1.54) is 0 Å². The minimum absolute atomic E-state index is 0.212. The lowest BCUT2D eigenvalue weighted by molar-refractivity contribution is -0.140. The van der Waals surface area contributed by atoms with Crippen molar-refractivity contribution >= 4 is 29.0 Å². The van der Waals surface area contributed by atoms with E-state index in [4.69, 9.17) is 21.7 Å². The summed E-state index contributed by atoms with van der Waals surface area (Å²) in [7, 11) is 1.57. The molecular formula is C19H27N3O3S. The number of thiocarbonyl (C=S) groups is 1. The number of nitrogens with one attached hydrogen (secondary N) is 2. The molecule has 0 saturated heterocycles. The highest BCUT2D eigenvalue weighted by molar-refractivity contribution is 7.80. The van der Waals surface area contributed by atoms with Gasteiger partial charge in [0.15, 0.2) is 5.11 Å². The molecule has 1 aliphatic rings. The Balaban J connectivity index is 2.27. The summed E-state index contributed by atoms with van der Waals surface area (Å²) in [6, 6.07) is 7.84. The van der Waals surface area contributed by atoms with E-state index >= 15 is 0 Å². The minimum atomic E-state index is -0.375. The molecule has 0 aliphatic carbocycles. The molecule has 0 aromatic heterocycles. The summed E-state index contributed by atoms with van der Waals surface area (Å²) in [6.07, 6.45) is 0. The quantitative estimate of drug-likeness (QED) is 0.410. The molecule has 7 heteroatoms. The number of carbonyl (C=O) groups is 1. The first-order valence-corrected chi connectivity index (χ1v) is 9.21. The predicted molar refractivity (Wildman–Crippen MR) is 107 cm³/mol. The maximum atomic E-state index is 12.6. The standard InChI is InChI=1S/C19H27N3O3S/c1-5-22(6-2)15-9-7-14(8-10-15)17-16(13(3)20-19(26)21-17)18(23)25-12-11-24-4/h7-10,17H,5-6,11-12H2,1-4H3,(H2,20,21,26). The van der Waals surface area contributed by atoms with Crippen LogP contribution in [0.15, 0.2) is 35.5 Å². The Morgan fingerprint density at radius 3 is 2.42 bits per heavy atom. The molecule has 1 aromatic rings. The second kappa shape index (κ2) is 9.54. The molecule has 0 fully saturated rings. The molecule has 142 valence electrons. The maximum absolute atomic E-state index is 12.6. The van der Waals surface area contributed by atoms with Crippen LogP contribution in [0.4, 0.5) is 5.69 Å². The highest BCUT2D eigenvalue weighted by Crippen LogP contribution is 2.29. The van der Waals surface area contributed by atoms with Gasteiger partial charge in [-0.1, -0.05) is 12.1 Å². The van der Waals surface area contributed by atoms with Crippen LogP contribution in [-0.4, -0.2) is 44.5 Å².